The number of likely N-dealkylation sites (N-methyl/N-ethyl adjacent to an activating group) is 1. The fourth-order valence-electron chi connectivity index (χ4n) is 2.30. The molecule has 1 aromatic rings. The van der Waals surface area contributed by atoms with Gasteiger partial charge in [-0.2, -0.15) is 0 Å². The van der Waals surface area contributed by atoms with Gasteiger partial charge >= 0.3 is 0 Å². The predicted molar refractivity (Wildman–Crippen MR) is 75.5 cm³/mol. The molecule has 2 rings (SSSR count). The summed E-state index contributed by atoms with van der Waals surface area (Å²) in [4.78, 5) is 27.8. The zero-order valence-corrected chi connectivity index (χ0v) is 11.6. The molecule has 1 aliphatic heterocycles. The van der Waals surface area contributed by atoms with Gasteiger partial charge in [0.05, 0.1) is 6.54 Å². The van der Waals surface area contributed by atoms with Gasteiger partial charge in [-0.15, -0.1) is 0 Å². The number of carbonyl (C=O) groups excluding carboxylic acids is 2. The Bertz CT molecular complexity index is 485. The van der Waals surface area contributed by atoms with Crippen molar-refractivity contribution in [2.45, 2.75) is 19.8 Å². The molecule has 4 heteroatoms. The molecule has 0 radical (unpaired) electrons. The second-order valence-electron chi connectivity index (χ2n) is 4.87. The van der Waals surface area contributed by atoms with E-state index in [2.05, 4.69) is 0 Å². The maximum Gasteiger partial charge on any atom is 0.241 e. The molecule has 1 aliphatic rings. The molecule has 0 aliphatic carbocycles. The van der Waals surface area contributed by atoms with Crippen molar-refractivity contribution in [1.29, 1.82) is 0 Å². The molecule has 0 bridgehead atoms. The summed E-state index contributed by atoms with van der Waals surface area (Å²) in [7, 11) is 1.80. The van der Waals surface area contributed by atoms with E-state index in [0.29, 0.717) is 19.5 Å². The predicted octanol–water partition coefficient (Wildman–Crippen LogP) is 1.95. The average molecular weight is 260 g/mol. The van der Waals surface area contributed by atoms with Crippen LogP contribution in [0.2, 0.25) is 0 Å². The minimum Gasteiger partial charge on any atom is -0.362 e. The Morgan fingerprint density at radius 1 is 1.37 bits per heavy atom. The van der Waals surface area contributed by atoms with Crippen LogP contribution >= 0.6 is 0 Å². The van der Waals surface area contributed by atoms with Gasteiger partial charge in [-0.3, -0.25) is 9.59 Å². The molecular weight excluding hydrogens is 240 g/mol. The summed E-state index contributed by atoms with van der Waals surface area (Å²) in [6.45, 7) is 3.76. The zero-order chi connectivity index (χ0) is 13.8. The Labute approximate surface area is 114 Å². The first-order valence-corrected chi connectivity index (χ1v) is 6.74. The van der Waals surface area contributed by atoms with Crippen LogP contribution in [0.25, 0.3) is 0 Å². The highest BCUT2D eigenvalue weighted by Crippen LogP contribution is 2.25. The summed E-state index contributed by atoms with van der Waals surface area (Å²) in [5.41, 5.74) is 1.63. The minimum absolute atomic E-state index is 0.0895. The number of para-hydroxylation sites is 1. The number of Topliss-reactive ketones (excluding diaryl/α,β-unsaturated/α-hetero) is 1. The number of carbonyl (C=O) groups is 2. The van der Waals surface area contributed by atoms with Crippen molar-refractivity contribution in [3.63, 3.8) is 0 Å². The van der Waals surface area contributed by atoms with Crippen LogP contribution in [0.1, 0.15) is 30.1 Å². The van der Waals surface area contributed by atoms with Gasteiger partial charge in [0.25, 0.3) is 0 Å². The fourth-order valence-corrected chi connectivity index (χ4v) is 2.30. The lowest BCUT2D eigenvalue weighted by molar-refractivity contribution is -0.128. The van der Waals surface area contributed by atoms with E-state index < -0.39 is 0 Å². The first-order valence-electron chi connectivity index (χ1n) is 6.74. The van der Waals surface area contributed by atoms with Gasteiger partial charge in [-0.05, 0) is 25.5 Å². The van der Waals surface area contributed by atoms with Crippen molar-refractivity contribution < 1.29 is 9.59 Å². The minimum atomic E-state index is 0.0895. The Morgan fingerprint density at radius 2 is 2.11 bits per heavy atom. The molecule has 0 spiro atoms. The molecule has 4 nitrogen and oxygen atoms in total. The highest BCUT2D eigenvalue weighted by atomic mass is 16.2. The summed E-state index contributed by atoms with van der Waals surface area (Å²) in [5.74, 6) is 0.265. The van der Waals surface area contributed by atoms with Gasteiger partial charge < -0.3 is 9.80 Å². The van der Waals surface area contributed by atoms with Crippen LogP contribution in [0.15, 0.2) is 24.3 Å². The highest BCUT2D eigenvalue weighted by Gasteiger charge is 2.22. The monoisotopic (exact) mass is 260 g/mol. The van der Waals surface area contributed by atoms with E-state index in [1.165, 1.54) is 0 Å². The largest absolute Gasteiger partial charge is 0.362 e. The summed E-state index contributed by atoms with van der Waals surface area (Å²) in [6, 6.07) is 7.57. The smallest absolute Gasteiger partial charge is 0.241 e. The summed E-state index contributed by atoms with van der Waals surface area (Å²) in [5, 5.41) is 0. The second-order valence-corrected chi connectivity index (χ2v) is 4.87. The van der Waals surface area contributed by atoms with Crippen LogP contribution < -0.4 is 4.90 Å². The molecular formula is C15H20N2O2. The van der Waals surface area contributed by atoms with Gasteiger partial charge in [-0.1, -0.05) is 12.1 Å². The number of ketones is 1. The summed E-state index contributed by atoms with van der Waals surface area (Å²) >= 11 is 0. The number of benzene rings is 1. The van der Waals surface area contributed by atoms with E-state index in [-0.39, 0.29) is 11.7 Å². The van der Waals surface area contributed by atoms with E-state index in [1.807, 2.05) is 36.1 Å². The molecule has 0 aromatic heterocycles. The lowest BCUT2D eigenvalue weighted by atomic mass is 10.1. The van der Waals surface area contributed by atoms with E-state index in [9.17, 15) is 9.59 Å². The maximum absolute atomic E-state index is 12.0. The number of hydrogen-bond donors (Lipinski definition) is 0. The van der Waals surface area contributed by atoms with E-state index in [1.54, 1.807) is 11.9 Å². The Hall–Kier alpha value is -1.84. The van der Waals surface area contributed by atoms with Crippen LogP contribution in [0.4, 0.5) is 5.69 Å². The zero-order valence-electron chi connectivity index (χ0n) is 11.6. The third-order valence-electron chi connectivity index (χ3n) is 3.60. The topological polar surface area (TPSA) is 40.6 Å². The second kappa shape index (κ2) is 5.87. The highest BCUT2D eigenvalue weighted by molar-refractivity contribution is 6.02. The van der Waals surface area contributed by atoms with Gasteiger partial charge in [0.15, 0.2) is 5.78 Å². The van der Waals surface area contributed by atoms with Crippen LogP contribution in [-0.4, -0.2) is 43.3 Å². The fraction of sp³-hybridized carbons (Fsp3) is 0.467. The van der Waals surface area contributed by atoms with Crippen molar-refractivity contribution in [1.82, 2.24) is 4.90 Å². The number of anilines is 1. The molecule has 0 unspecified atom stereocenters. The van der Waals surface area contributed by atoms with Crippen molar-refractivity contribution in [3.8, 4) is 0 Å². The van der Waals surface area contributed by atoms with Crippen molar-refractivity contribution in [3.05, 3.63) is 29.8 Å². The molecule has 0 saturated heterocycles. The molecule has 19 heavy (non-hydrogen) atoms. The van der Waals surface area contributed by atoms with Gasteiger partial charge in [0, 0.05) is 37.8 Å². The number of amides is 1. The molecule has 0 N–H and O–H groups in total. The lowest BCUT2D eigenvalue weighted by Crippen LogP contribution is -2.38. The summed E-state index contributed by atoms with van der Waals surface area (Å²) in [6.07, 6.45) is 1.36. The number of rotatable bonds is 3. The molecule has 1 amide bonds. The van der Waals surface area contributed by atoms with Crippen LogP contribution in [0, 0.1) is 0 Å². The van der Waals surface area contributed by atoms with Crippen molar-refractivity contribution >= 4 is 17.4 Å². The van der Waals surface area contributed by atoms with E-state index >= 15 is 0 Å². The standard InChI is InChI=1S/C15H20N2O2/c1-3-16(2)15(19)11-17-10-6-9-14(18)12-7-4-5-8-13(12)17/h4-5,7-8H,3,6,9-11H2,1-2H3. The number of fused-ring (bicyclic) bond motifs is 1. The molecule has 1 aromatic carbocycles. The third kappa shape index (κ3) is 2.95. The molecule has 0 saturated carbocycles. The average Bonchev–Trinajstić information content (AvgIpc) is 2.59. The number of hydrogen-bond acceptors (Lipinski definition) is 3. The Morgan fingerprint density at radius 3 is 2.84 bits per heavy atom. The van der Waals surface area contributed by atoms with Gasteiger partial charge in [-0.25, -0.2) is 0 Å². The first-order chi connectivity index (χ1) is 9.13. The summed E-state index contributed by atoms with van der Waals surface area (Å²) < 4.78 is 0. The molecule has 0 atom stereocenters. The molecule has 1 heterocycles. The van der Waals surface area contributed by atoms with Crippen molar-refractivity contribution in [2.75, 3.05) is 31.6 Å². The van der Waals surface area contributed by atoms with Gasteiger partial charge in [0.1, 0.15) is 0 Å². The van der Waals surface area contributed by atoms with E-state index in [0.717, 1.165) is 24.2 Å². The first kappa shape index (κ1) is 13.6. The van der Waals surface area contributed by atoms with Crippen LogP contribution in [-0.2, 0) is 4.79 Å². The normalized spacial score (nSPS) is 14.8. The third-order valence-corrected chi connectivity index (χ3v) is 3.60. The Kier molecular flexibility index (Phi) is 4.20. The molecule has 0 fully saturated rings. The maximum atomic E-state index is 12.0. The van der Waals surface area contributed by atoms with Gasteiger partial charge in [0.2, 0.25) is 5.91 Å². The number of nitrogens with zero attached hydrogens (tertiary/aromatic N) is 2. The molecule has 102 valence electrons. The Balaban J connectivity index is 2.24. The van der Waals surface area contributed by atoms with Crippen molar-refractivity contribution in [2.24, 2.45) is 0 Å². The quantitative estimate of drug-likeness (QED) is 0.834. The lowest BCUT2D eigenvalue weighted by Gasteiger charge is -2.26. The van der Waals surface area contributed by atoms with Crippen LogP contribution in [0.5, 0.6) is 0 Å². The van der Waals surface area contributed by atoms with Crippen LogP contribution in [0.3, 0.4) is 0 Å². The van der Waals surface area contributed by atoms with E-state index in [4.69, 9.17) is 0 Å². The SMILES string of the molecule is CCN(C)C(=O)CN1CCCC(=O)c2ccccc21.